The molecule has 0 saturated carbocycles. The molecule has 1 amide bonds. The van der Waals surface area contributed by atoms with Crippen molar-refractivity contribution in [2.45, 2.75) is 19.9 Å². The van der Waals surface area contributed by atoms with E-state index in [1.807, 2.05) is 41.3 Å². The molecule has 2 aromatic carbocycles. The van der Waals surface area contributed by atoms with E-state index in [9.17, 15) is 4.79 Å². The SMILES string of the molecule is CC(=O)N1c2ccccc2C(C)=C[C@@H]1c1ccccc1. The standard InChI is InChI=1S/C18H17NO/c1-13-12-18(15-8-4-3-5-9-15)19(14(2)20)17-11-7-6-10-16(13)17/h3-12,18H,1-2H3/t18-/m1/s1. The Morgan fingerprint density at radius 1 is 1.00 bits per heavy atom. The Hall–Kier alpha value is -2.35. The van der Waals surface area contributed by atoms with Crippen LogP contribution in [-0.4, -0.2) is 5.91 Å². The first-order valence-electron chi connectivity index (χ1n) is 6.81. The van der Waals surface area contributed by atoms with Crippen molar-refractivity contribution in [3.05, 3.63) is 71.8 Å². The molecule has 100 valence electrons. The minimum Gasteiger partial charge on any atom is -0.301 e. The maximum atomic E-state index is 12.1. The molecule has 0 fully saturated rings. The fourth-order valence-corrected chi connectivity index (χ4v) is 2.83. The van der Waals surface area contributed by atoms with Crippen molar-refractivity contribution in [1.82, 2.24) is 0 Å². The summed E-state index contributed by atoms with van der Waals surface area (Å²) in [4.78, 5) is 14.0. The Labute approximate surface area is 119 Å². The van der Waals surface area contributed by atoms with Gasteiger partial charge in [0.1, 0.15) is 0 Å². The minimum absolute atomic E-state index is 0.0244. The number of hydrogen-bond donors (Lipinski definition) is 0. The summed E-state index contributed by atoms with van der Waals surface area (Å²) in [6.45, 7) is 3.73. The topological polar surface area (TPSA) is 20.3 Å². The van der Waals surface area contributed by atoms with Gasteiger partial charge in [-0.05, 0) is 24.1 Å². The highest BCUT2D eigenvalue weighted by Crippen LogP contribution is 2.39. The predicted octanol–water partition coefficient (Wildman–Crippen LogP) is 4.20. The molecule has 0 saturated heterocycles. The molecule has 0 aliphatic carbocycles. The number of anilines is 1. The number of para-hydroxylation sites is 1. The summed E-state index contributed by atoms with van der Waals surface area (Å²) < 4.78 is 0. The van der Waals surface area contributed by atoms with Crippen LogP contribution in [-0.2, 0) is 4.79 Å². The van der Waals surface area contributed by atoms with Crippen LogP contribution < -0.4 is 4.90 Å². The monoisotopic (exact) mass is 263 g/mol. The number of amides is 1. The fourth-order valence-electron chi connectivity index (χ4n) is 2.83. The van der Waals surface area contributed by atoms with Crippen LogP contribution in [0, 0.1) is 0 Å². The molecule has 0 radical (unpaired) electrons. The highest BCUT2D eigenvalue weighted by molar-refractivity contribution is 5.98. The van der Waals surface area contributed by atoms with Crippen molar-refractivity contribution in [3.63, 3.8) is 0 Å². The van der Waals surface area contributed by atoms with Gasteiger partial charge in [0, 0.05) is 12.5 Å². The maximum absolute atomic E-state index is 12.1. The van der Waals surface area contributed by atoms with Crippen LogP contribution in [0.15, 0.2) is 60.7 Å². The van der Waals surface area contributed by atoms with Crippen LogP contribution >= 0.6 is 0 Å². The first-order valence-corrected chi connectivity index (χ1v) is 6.81. The zero-order valence-electron chi connectivity index (χ0n) is 11.7. The lowest BCUT2D eigenvalue weighted by atomic mass is 9.92. The van der Waals surface area contributed by atoms with Crippen molar-refractivity contribution < 1.29 is 4.79 Å². The molecule has 1 aliphatic heterocycles. The van der Waals surface area contributed by atoms with Gasteiger partial charge in [0.2, 0.25) is 5.91 Å². The Kier molecular flexibility index (Phi) is 3.15. The fraction of sp³-hybridized carbons (Fsp3) is 0.167. The first-order chi connectivity index (χ1) is 9.68. The van der Waals surface area contributed by atoms with Gasteiger partial charge in [0.15, 0.2) is 0 Å². The van der Waals surface area contributed by atoms with Crippen molar-refractivity contribution in [1.29, 1.82) is 0 Å². The van der Waals surface area contributed by atoms with Crippen LogP contribution in [0.2, 0.25) is 0 Å². The summed E-state index contributed by atoms with van der Waals surface area (Å²) in [7, 11) is 0. The Morgan fingerprint density at radius 2 is 1.65 bits per heavy atom. The summed E-state index contributed by atoms with van der Waals surface area (Å²) in [5.41, 5.74) is 4.48. The largest absolute Gasteiger partial charge is 0.301 e. The van der Waals surface area contributed by atoms with Crippen LogP contribution in [0.1, 0.15) is 31.0 Å². The van der Waals surface area contributed by atoms with Crippen LogP contribution in [0.3, 0.4) is 0 Å². The Balaban J connectivity index is 2.17. The molecule has 0 unspecified atom stereocenters. The summed E-state index contributed by atoms with van der Waals surface area (Å²) in [5.74, 6) is 0.0649. The van der Waals surface area contributed by atoms with Crippen LogP contribution in [0.4, 0.5) is 5.69 Å². The van der Waals surface area contributed by atoms with E-state index in [1.165, 1.54) is 5.57 Å². The van der Waals surface area contributed by atoms with Gasteiger partial charge < -0.3 is 4.90 Å². The number of hydrogen-bond acceptors (Lipinski definition) is 1. The van der Waals surface area contributed by atoms with E-state index >= 15 is 0 Å². The third kappa shape index (κ3) is 2.03. The van der Waals surface area contributed by atoms with E-state index in [2.05, 4.69) is 31.2 Å². The second-order valence-electron chi connectivity index (χ2n) is 5.11. The lowest BCUT2D eigenvalue weighted by Gasteiger charge is -2.35. The second-order valence-corrected chi connectivity index (χ2v) is 5.11. The van der Waals surface area contributed by atoms with E-state index in [-0.39, 0.29) is 11.9 Å². The summed E-state index contributed by atoms with van der Waals surface area (Å²) in [5, 5.41) is 0. The van der Waals surface area contributed by atoms with Crippen molar-refractivity contribution in [2.75, 3.05) is 4.90 Å². The van der Waals surface area contributed by atoms with E-state index in [4.69, 9.17) is 0 Å². The number of carbonyl (C=O) groups excluding carboxylic acids is 1. The lowest BCUT2D eigenvalue weighted by Crippen LogP contribution is -2.34. The normalized spacial score (nSPS) is 17.4. The molecule has 1 aliphatic rings. The smallest absolute Gasteiger partial charge is 0.224 e. The van der Waals surface area contributed by atoms with E-state index in [0.717, 1.165) is 16.8 Å². The lowest BCUT2D eigenvalue weighted by molar-refractivity contribution is -0.116. The molecule has 2 aromatic rings. The molecule has 1 atom stereocenters. The maximum Gasteiger partial charge on any atom is 0.224 e. The number of allylic oxidation sites excluding steroid dienone is 1. The zero-order valence-corrected chi connectivity index (χ0v) is 11.7. The molecule has 0 N–H and O–H groups in total. The highest BCUT2D eigenvalue weighted by Gasteiger charge is 2.28. The molecule has 1 heterocycles. The molecule has 2 nitrogen and oxygen atoms in total. The van der Waals surface area contributed by atoms with Gasteiger partial charge >= 0.3 is 0 Å². The summed E-state index contributed by atoms with van der Waals surface area (Å²) >= 11 is 0. The molecule has 20 heavy (non-hydrogen) atoms. The summed E-state index contributed by atoms with van der Waals surface area (Å²) in [6.07, 6.45) is 2.17. The van der Waals surface area contributed by atoms with Gasteiger partial charge in [-0.2, -0.15) is 0 Å². The van der Waals surface area contributed by atoms with Gasteiger partial charge in [-0.3, -0.25) is 4.79 Å². The van der Waals surface area contributed by atoms with E-state index < -0.39 is 0 Å². The van der Waals surface area contributed by atoms with Gasteiger partial charge in [-0.25, -0.2) is 0 Å². The first kappa shape index (κ1) is 12.7. The van der Waals surface area contributed by atoms with Gasteiger partial charge in [-0.15, -0.1) is 0 Å². The quantitative estimate of drug-likeness (QED) is 0.755. The third-order valence-corrected chi connectivity index (χ3v) is 3.75. The molecule has 0 spiro atoms. The number of benzene rings is 2. The number of nitrogens with zero attached hydrogens (tertiary/aromatic N) is 1. The van der Waals surface area contributed by atoms with Crippen molar-refractivity contribution in [3.8, 4) is 0 Å². The highest BCUT2D eigenvalue weighted by atomic mass is 16.2. The number of rotatable bonds is 1. The molecule has 3 rings (SSSR count). The molecule has 0 aromatic heterocycles. The molecular formula is C18H17NO. The van der Waals surface area contributed by atoms with Crippen LogP contribution in [0.5, 0.6) is 0 Å². The Bertz CT molecular complexity index is 673. The van der Waals surface area contributed by atoms with E-state index in [1.54, 1.807) is 6.92 Å². The van der Waals surface area contributed by atoms with Crippen molar-refractivity contribution in [2.24, 2.45) is 0 Å². The molecule has 0 bridgehead atoms. The third-order valence-electron chi connectivity index (χ3n) is 3.75. The second kappa shape index (κ2) is 4.97. The predicted molar refractivity (Wildman–Crippen MR) is 82.4 cm³/mol. The molecule has 2 heteroatoms. The summed E-state index contributed by atoms with van der Waals surface area (Å²) in [6, 6.07) is 18.2. The van der Waals surface area contributed by atoms with Gasteiger partial charge in [-0.1, -0.05) is 54.6 Å². The average Bonchev–Trinajstić information content (AvgIpc) is 2.47. The minimum atomic E-state index is -0.0244. The Morgan fingerprint density at radius 3 is 2.35 bits per heavy atom. The van der Waals surface area contributed by atoms with Gasteiger partial charge in [0.25, 0.3) is 0 Å². The van der Waals surface area contributed by atoms with E-state index in [0.29, 0.717) is 0 Å². The van der Waals surface area contributed by atoms with Crippen LogP contribution in [0.25, 0.3) is 5.57 Å². The zero-order chi connectivity index (χ0) is 14.1. The average molecular weight is 263 g/mol. The molecular weight excluding hydrogens is 246 g/mol. The number of fused-ring (bicyclic) bond motifs is 1. The van der Waals surface area contributed by atoms with Gasteiger partial charge in [0.05, 0.1) is 11.7 Å². The van der Waals surface area contributed by atoms with Crippen molar-refractivity contribution >= 4 is 17.2 Å². The number of carbonyl (C=O) groups is 1.